The number of benzene rings is 1. The summed E-state index contributed by atoms with van der Waals surface area (Å²) in [6.07, 6.45) is 0. The van der Waals surface area contributed by atoms with Gasteiger partial charge in [-0.25, -0.2) is 8.42 Å². The lowest BCUT2D eigenvalue weighted by Gasteiger charge is -2.33. The zero-order chi connectivity index (χ0) is 19.6. The van der Waals surface area contributed by atoms with Gasteiger partial charge in [0.2, 0.25) is 10.0 Å². The minimum absolute atomic E-state index is 0.0518. The van der Waals surface area contributed by atoms with Crippen LogP contribution in [0.15, 0.2) is 28.8 Å². The van der Waals surface area contributed by atoms with E-state index in [-0.39, 0.29) is 11.4 Å². The van der Waals surface area contributed by atoms with Crippen LogP contribution >= 0.6 is 0 Å². The smallest absolute Gasteiger partial charge is 0.269 e. The van der Waals surface area contributed by atoms with Crippen LogP contribution in [0.2, 0.25) is 0 Å². The van der Waals surface area contributed by atoms with Gasteiger partial charge in [-0.05, 0) is 19.4 Å². The Morgan fingerprint density at radius 1 is 1.15 bits per heavy atom. The molecule has 0 saturated carbocycles. The summed E-state index contributed by atoms with van der Waals surface area (Å²) in [6.45, 7) is 6.55. The van der Waals surface area contributed by atoms with Crippen LogP contribution in [-0.4, -0.2) is 53.9 Å². The van der Waals surface area contributed by atoms with Gasteiger partial charge >= 0.3 is 0 Å². The van der Waals surface area contributed by atoms with Crippen LogP contribution in [0.25, 0.3) is 0 Å². The minimum atomic E-state index is -3.47. The Kier molecular flexibility index (Phi) is 5.59. The number of aryl methyl sites for hydroxylation is 2. The maximum absolute atomic E-state index is 12.7. The van der Waals surface area contributed by atoms with Crippen LogP contribution in [0.3, 0.4) is 0 Å². The topological polar surface area (TPSA) is 110 Å². The van der Waals surface area contributed by atoms with Crippen molar-refractivity contribution in [3.05, 3.63) is 57.0 Å². The van der Waals surface area contributed by atoms with Gasteiger partial charge in [0.05, 0.1) is 16.4 Å². The molecule has 1 aliphatic rings. The van der Waals surface area contributed by atoms with Crippen molar-refractivity contribution in [3.8, 4) is 0 Å². The normalized spacial score (nSPS) is 16.5. The van der Waals surface area contributed by atoms with Crippen LogP contribution in [-0.2, 0) is 22.3 Å². The lowest BCUT2D eigenvalue weighted by molar-refractivity contribution is -0.384. The molecule has 0 spiro atoms. The van der Waals surface area contributed by atoms with Crippen molar-refractivity contribution < 1.29 is 17.9 Å². The lowest BCUT2D eigenvalue weighted by Crippen LogP contribution is -2.48. The Balaban J connectivity index is 1.58. The molecule has 0 unspecified atom stereocenters. The summed E-state index contributed by atoms with van der Waals surface area (Å²) in [5.74, 6) is 0.634. The van der Waals surface area contributed by atoms with E-state index in [4.69, 9.17) is 4.52 Å². The number of piperazine rings is 1. The summed E-state index contributed by atoms with van der Waals surface area (Å²) < 4.78 is 32.0. The summed E-state index contributed by atoms with van der Waals surface area (Å²) in [7, 11) is -3.47. The van der Waals surface area contributed by atoms with E-state index >= 15 is 0 Å². The van der Waals surface area contributed by atoms with E-state index in [1.165, 1.54) is 28.6 Å². The number of non-ortho nitro benzene ring substituents is 1. The number of nitrogens with zero attached hydrogens (tertiary/aromatic N) is 4. The maximum atomic E-state index is 12.7. The highest BCUT2D eigenvalue weighted by molar-refractivity contribution is 7.88. The van der Waals surface area contributed by atoms with E-state index in [0.717, 1.165) is 17.0 Å². The molecule has 0 atom stereocenters. The number of sulfonamides is 1. The van der Waals surface area contributed by atoms with Crippen molar-refractivity contribution >= 4 is 15.7 Å². The SMILES string of the molecule is Cc1noc(C)c1CN1CCN(S(=O)(=O)Cc2ccc([N+](=O)[O-])cc2)CC1. The number of nitro benzene ring substituents is 1. The molecule has 1 aliphatic heterocycles. The largest absolute Gasteiger partial charge is 0.361 e. The molecule has 0 bridgehead atoms. The van der Waals surface area contributed by atoms with Gasteiger partial charge in [0.1, 0.15) is 5.76 Å². The average Bonchev–Trinajstić information content (AvgIpc) is 2.94. The van der Waals surface area contributed by atoms with Crippen molar-refractivity contribution in [2.75, 3.05) is 26.2 Å². The molecule has 9 nitrogen and oxygen atoms in total. The van der Waals surface area contributed by atoms with Gasteiger partial charge in [0.15, 0.2) is 0 Å². The molecular formula is C17H22N4O5S. The Labute approximate surface area is 157 Å². The third kappa shape index (κ3) is 4.52. The molecule has 27 heavy (non-hydrogen) atoms. The fourth-order valence-electron chi connectivity index (χ4n) is 3.13. The van der Waals surface area contributed by atoms with Gasteiger partial charge in [-0.2, -0.15) is 4.31 Å². The van der Waals surface area contributed by atoms with E-state index in [9.17, 15) is 18.5 Å². The van der Waals surface area contributed by atoms with Crippen LogP contribution < -0.4 is 0 Å². The molecule has 1 aromatic heterocycles. The standard InChI is InChI=1S/C17H22N4O5S/c1-13-17(14(2)26-18-13)11-19-7-9-20(10-8-19)27(24,25)12-15-3-5-16(6-4-15)21(22)23/h3-6H,7-12H2,1-2H3. The maximum Gasteiger partial charge on any atom is 0.269 e. The van der Waals surface area contributed by atoms with E-state index in [2.05, 4.69) is 10.1 Å². The van der Waals surface area contributed by atoms with E-state index in [0.29, 0.717) is 38.3 Å². The van der Waals surface area contributed by atoms with Crippen LogP contribution in [0.4, 0.5) is 5.69 Å². The highest BCUT2D eigenvalue weighted by Crippen LogP contribution is 2.19. The summed E-state index contributed by atoms with van der Waals surface area (Å²) in [5, 5.41) is 14.6. The average molecular weight is 394 g/mol. The zero-order valence-electron chi connectivity index (χ0n) is 15.3. The Morgan fingerprint density at radius 3 is 2.30 bits per heavy atom. The van der Waals surface area contributed by atoms with Crippen molar-refractivity contribution in [3.63, 3.8) is 0 Å². The van der Waals surface area contributed by atoms with Gasteiger partial charge in [-0.3, -0.25) is 15.0 Å². The van der Waals surface area contributed by atoms with Gasteiger partial charge in [-0.1, -0.05) is 17.3 Å². The van der Waals surface area contributed by atoms with E-state index < -0.39 is 14.9 Å². The quantitative estimate of drug-likeness (QED) is 0.543. The predicted octanol–water partition coefficient (Wildman–Crippen LogP) is 1.85. The fourth-order valence-corrected chi connectivity index (χ4v) is 4.65. The molecule has 0 amide bonds. The Bertz CT molecular complexity index is 896. The molecule has 2 aromatic rings. The first-order valence-electron chi connectivity index (χ1n) is 8.61. The molecular weight excluding hydrogens is 372 g/mol. The second-order valence-corrected chi connectivity index (χ2v) is 8.63. The monoisotopic (exact) mass is 394 g/mol. The molecule has 0 N–H and O–H groups in total. The predicted molar refractivity (Wildman–Crippen MR) is 98.5 cm³/mol. The molecule has 3 rings (SSSR count). The molecule has 2 heterocycles. The Morgan fingerprint density at radius 2 is 1.78 bits per heavy atom. The number of hydrogen-bond acceptors (Lipinski definition) is 7. The van der Waals surface area contributed by atoms with Gasteiger partial charge in [0.25, 0.3) is 5.69 Å². The molecule has 1 aromatic carbocycles. The minimum Gasteiger partial charge on any atom is -0.361 e. The lowest BCUT2D eigenvalue weighted by atomic mass is 10.2. The summed E-state index contributed by atoms with van der Waals surface area (Å²) in [4.78, 5) is 12.4. The summed E-state index contributed by atoms with van der Waals surface area (Å²) in [6, 6.07) is 5.63. The third-order valence-electron chi connectivity index (χ3n) is 4.78. The molecule has 1 fully saturated rings. The van der Waals surface area contributed by atoms with Crippen LogP contribution in [0, 0.1) is 24.0 Å². The molecule has 0 aliphatic carbocycles. The van der Waals surface area contributed by atoms with Crippen molar-refractivity contribution in [2.24, 2.45) is 0 Å². The number of hydrogen-bond donors (Lipinski definition) is 0. The van der Waals surface area contributed by atoms with Crippen LogP contribution in [0.5, 0.6) is 0 Å². The molecule has 10 heteroatoms. The van der Waals surface area contributed by atoms with Crippen molar-refractivity contribution in [1.82, 2.24) is 14.4 Å². The molecule has 1 saturated heterocycles. The fraction of sp³-hybridized carbons (Fsp3) is 0.471. The van der Waals surface area contributed by atoms with Gasteiger partial charge < -0.3 is 4.52 Å². The van der Waals surface area contributed by atoms with Crippen LogP contribution in [0.1, 0.15) is 22.6 Å². The molecule has 0 radical (unpaired) electrons. The zero-order valence-corrected chi connectivity index (χ0v) is 16.1. The number of aromatic nitrogens is 1. The Hall–Kier alpha value is -2.30. The highest BCUT2D eigenvalue weighted by atomic mass is 32.2. The summed E-state index contributed by atoms with van der Waals surface area (Å²) >= 11 is 0. The second-order valence-electron chi connectivity index (χ2n) is 6.66. The highest BCUT2D eigenvalue weighted by Gasteiger charge is 2.28. The summed E-state index contributed by atoms with van der Waals surface area (Å²) in [5.41, 5.74) is 2.40. The van der Waals surface area contributed by atoms with Gasteiger partial charge in [-0.15, -0.1) is 0 Å². The van der Waals surface area contributed by atoms with E-state index in [1.807, 2.05) is 13.8 Å². The third-order valence-corrected chi connectivity index (χ3v) is 6.63. The first-order chi connectivity index (χ1) is 12.8. The molecule has 146 valence electrons. The van der Waals surface area contributed by atoms with E-state index in [1.54, 1.807) is 0 Å². The number of rotatable bonds is 6. The first kappa shape index (κ1) is 19.5. The second kappa shape index (κ2) is 7.75. The van der Waals surface area contributed by atoms with Crippen molar-refractivity contribution in [1.29, 1.82) is 0 Å². The van der Waals surface area contributed by atoms with Crippen molar-refractivity contribution in [2.45, 2.75) is 26.1 Å². The number of nitro groups is 1. The first-order valence-corrected chi connectivity index (χ1v) is 10.2. The van der Waals surface area contributed by atoms with Gasteiger partial charge in [0, 0.05) is 50.4 Å².